The molecule has 0 heterocycles. The van der Waals surface area contributed by atoms with E-state index in [9.17, 15) is 5.11 Å². The number of rotatable bonds is 1. The molecule has 2 atom stereocenters. The molecule has 1 unspecified atom stereocenters. The van der Waals surface area contributed by atoms with Crippen molar-refractivity contribution in [2.45, 2.75) is 25.4 Å². The molecule has 0 amide bonds. The van der Waals surface area contributed by atoms with Gasteiger partial charge < -0.3 is 10.1 Å². The molecule has 1 saturated carbocycles. The maximum absolute atomic E-state index is 9.23. The van der Waals surface area contributed by atoms with Gasteiger partial charge in [0.2, 0.25) is 0 Å². The highest BCUT2D eigenvalue weighted by atomic mass is 16.3. The van der Waals surface area contributed by atoms with Crippen LogP contribution in [0.25, 0.3) is 0 Å². The van der Waals surface area contributed by atoms with E-state index in [-0.39, 0.29) is 6.10 Å². The van der Waals surface area contributed by atoms with Crippen LogP contribution in [0.2, 0.25) is 0 Å². The molecule has 1 aliphatic rings. The van der Waals surface area contributed by atoms with Crippen LogP contribution in [-0.4, -0.2) is 24.5 Å². The molecular formula is C7H13NO. The maximum Gasteiger partial charge on any atom is 0.0617 e. The van der Waals surface area contributed by atoms with Gasteiger partial charge in [-0.3, -0.25) is 0 Å². The molecule has 1 N–H and O–H groups in total. The Morgan fingerprint density at radius 1 is 1.56 bits per heavy atom. The molecular weight excluding hydrogens is 114 g/mol. The predicted octanol–water partition coefficient (Wildman–Crippen LogP) is 0.848. The zero-order valence-corrected chi connectivity index (χ0v) is 5.75. The molecule has 1 fully saturated rings. The third-order valence-corrected chi connectivity index (χ3v) is 1.87. The van der Waals surface area contributed by atoms with Gasteiger partial charge in [0.05, 0.1) is 6.10 Å². The summed E-state index contributed by atoms with van der Waals surface area (Å²) < 4.78 is 0. The summed E-state index contributed by atoms with van der Waals surface area (Å²) in [5.41, 5.74) is 0. The van der Waals surface area contributed by atoms with E-state index in [4.69, 9.17) is 0 Å². The Bertz CT molecular complexity index is 111. The fourth-order valence-corrected chi connectivity index (χ4v) is 1.33. The first-order chi connectivity index (χ1) is 4.34. The Hall–Kier alpha value is -0.370. The summed E-state index contributed by atoms with van der Waals surface area (Å²) in [5, 5.41) is 9.23. The Balaban J connectivity index is 2.39. The van der Waals surface area contributed by atoms with Gasteiger partial charge in [-0.15, -0.1) is 0 Å². The molecule has 0 spiro atoms. The number of hydrogen-bond donors (Lipinski definition) is 1. The predicted molar refractivity (Wildman–Crippen MR) is 37.8 cm³/mol. The van der Waals surface area contributed by atoms with E-state index >= 15 is 0 Å². The van der Waals surface area contributed by atoms with Crippen molar-refractivity contribution in [2.75, 3.05) is 7.05 Å². The molecule has 2 nitrogen and oxygen atoms in total. The van der Waals surface area contributed by atoms with Gasteiger partial charge in [-0.2, -0.15) is 0 Å². The average Bonchev–Trinajstić information content (AvgIpc) is 2.18. The molecule has 9 heavy (non-hydrogen) atoms. The van der Waals surface area contributed by atoms with Crippen molar-refractivity contribution in [1.29, 1.82) is 0 Å². The summed E-state index contributed by atoms with van der Waals surface area (Å²) in [7, 11) is 1.76. The molecule has 52 valence electrons. The Morgan fingerprint density at radius 2 is 2.33 bits per heavy atom. The zero-order valence-electron chi connectivity index (χ0n) is 5.75. The van der Waals surface area contributed by atoms with Crippen molar-refractivity contribution in [3.8, 4) is 0 Å². The molecule has 0 bridgehead atoms. The quantitative estimate of drug-likeness (QED) is 0.520. The second kappa shape index (κ2) is 2.97. The summed E-state index contributed by atoms with van der Waals surface area (Å²) in [6.45, 7) is 0. The molecule has 0 aliphatic heterocycles. The number of nitrogens with zero attached hydrogens (tertiary/aromatic N) is 1. The lowest BCUT2D eigenvalue weighted by atomic mass is 10.1. The van der Waals surface area contributed by atoms with Gasteiger partial charge in [0.25, 0.3) is 0 Å². The van der Waals surface area contributed by atoms with E-state index in [0.717, 1.165) is 19.3 Å². The smallest absolute Gasteiger partial charge is 0.0617 e. The minimum atomic E-state index is -0.117. The Labute approximate surface area is 55.6 Å². The molecule has 0 aromatic carbocycles. The van der Waals surface area contributed by atoms with Crippen LogP contribution >= 0.6 is 0 Å². The van der Waals surface area contributed by atoms with Crippen LogP contribution in [0.5, 0.6) is 0 Å². The van der Waals surface area contributed by atoms with Crippen LogP contribution < -0.4 is 0 Å². The minimum absolute atomic E-state index is 0.117. The van der Waals surface area contributed by atoms with Gasteiger partial charge in [-0.25, -0.2) is 0 Å². The highest BCUT2D eigenvalue weighted by Gasteiger charge is 2.22. The van der Waals surface area contributed by atoms with Crippen LogP contribution in [0.3, 0.4) is 0 Å². The van der Waals surface area contributed by atoms with Gasteiger partial charge in [0, 0.05) is 19.2 Å². The topological polar surface area (TPSA) is 32.6 Å². The monoisotopic (exact) mass is 127 g/mol. The number of aliphatic hydroxyl groups is 1. The fraction of sp³-hybridized carbons (Fsp3) is 0.857. The van der Waals surface area contributed by atoms with E-state index in [0.29, 0.717) is 5.92 Å². The van der Waals surface area contributed by atoms with Crippen LogP contribution in [0.1, 0.15) is 19.3 Å². The van der Waals surface area contributed by atoms with Gasteiger partial charge in [0.1, 0.15) is 0 Å². The molecule has 1 rings (SSSR count). The number of aliphatic hydroxyl groups excluding tert-OH is 1. The van der Waals surface area contributed by atoms with Crippen molar-refractivity contribution >= 4 is 6.21 Å². The van der Waals surface area contributed by atoms with Crippen molar-refractivity contribution in [1.82, 2.24) is 0 Å². The average molecular weight is 127 g/mol. The van der Waals surface area contributed by atoms with E-state index in [1.165, 1.54) is 0 Å². The SMILES string of the molecule is CN=CC1CCC[C@H]1O. The highest BCUT2D eigenvalue weighted by molar-refractivity contribution is 5.61. The lowest BCUT2D eigenvalue weighted by Crippen LogP contribution is -2.13. The minimum Gasteiger partial charge on any atom is -0.392 e. The van der Waals surface area contributed by atoms with E-state index in [1.54, 1.807) is 7.05 Å². The first-order valence-electron chi connectivity index (χ1n) is 3.45. The van der Waals surface area contributed by atoms with Gasteiger partial charge >= 0.3 is 0 Å². The summed E-state index contributed by atoms with van der Waals surface area (Å²) >= 11 is 0. The normalized spacial score (nSPS) is 36.2. The second-order valence-corrected chi connectivity index (χ2v) is 2.57. The molecule has 0 aromatic rings. The lowest BCUT2D eigenvalue weighted by Gasteiger charge is -2.05. The molecule has 0 saturated heterocycles. The van der Waals surface area contributed by atoms with Crippen molar-refractivity contribution in [3.05, 3.63) is 0 Å². The maximum atomic E-state index is 9.23. The molecule has 2 heteroatoms. The Kier molecular flexibility index (Phi) is 2.22. The summed E-state index contributed by atoms with van der Waals surface area (Å²) in [5.74, 6) is 0.343. The summed E-state index contributed by atoms with van der Waals surface area (Å²) in [6.07, 6.45) is 4.96. The summed E-state index contributed by atoms with van der Waals surface area (Å²) in [6, 6.07) is 0. The summed E-state index contributed by atoms with van der Waals surface area (Å²) in [4.78, 5) is 3.88. The Morgan fingerprint density at radius 3 is 2.78 bits per heavy atom. The largest absolute Gasteiger partial charge is 0.392 e. The van der Waals surface area contributed by atoms with E-state index in [1.807, 2.05) is 6.21 Å². The lowest BCUT2D eigenvalue weighted by molar-refractivity contribution is 0.162. The van der Waals surface area contributed by atoms with E-state index < -0.39 is 0 Å². The van der Waals surface area contributed by atoms with Gasteiger partial charge in [-0.1, -0.05) is 6.42 Å². The second-order valence-electron chi connectivity index (χ2n) is 2.57. The van der Waals surface area contributed by atoms with Crippen LogP contribution in [0, 0.1) is 5.92 Å². The van der Waals surface area contributed by atoms with Crippen molar-refractivity contribution in [2.24, 2.45) is 10.9 Å². The van der Waals surface area contributed by atoms with Gasteiger partial charge in [-0.05, 0) is 12.8 Å². The fourth-order valence-electron chi connectivity index (χ4n) is 1.33. The first kappa shape index (κ1) is 6.75. The third kappa shape index (κ3) is 1.52. The van der Waals surface area contributed by atoms with Crippen LogP contribution in [0.15, 0.2) is 4.99 Å². The highest BCUT2D eigenvalue weighted by Crippen LogP contribution is 2.23. The third-order valence-electron chi connectivity index (χ3n) is 1.87. The molecule has 1 aliphatic carbocycles. The standard InChI is InChI=1S/C7H13NO/c1-8-5-6-3-2-4-7(6)9/h5-7,9H,2-4H2,1H3/t6?,7-/m1/s1. The first-order valence-corrected chi connectivity index (χ1v) is 3.45. The molecule has 0 aromatic heterocycles. The number of hydrogen-bond acceptors (Lipinski definition) is 2. The molecule has 0 radical (unpaired) electrons. The van der Waals surface area contributed by atoms with Crippen LogP contribution in [0.4, 0.5) is 0 Å². The van der Waals surface area contributed by atoms with Gasteiger partial charge in [0.15, 0.2) is 0 Å². The van der Waals surface area contributed by atoms with Crippen molar-refractivity contribution in [3.63, 3.8) is 0 Å². The van der Waals surface area contributed by atoms with Crippen LogP contribution in [-0.2, 0) is 0 Å². The number of aliphatic imine (C=N–C) groups is 1. The van der Waals surface area contributed by atoms with E-state index in [2.05, 4.69) is 4.99 Å². The zero-order chi connectivity index (χ0) is 6.69. The van der Waals surface area contributed by atoms with Crippen molar-refractivity contribution < 1.29 is 5.11 Å².